The molecule has 0 saturated carbocycles. The predicted octanol–water partition coefficient (Wildman–Crippen LogP) is 18.1. The number of aryl methyl sites for hydroxylation is 9. The fraction of sp³-hybridized carbons (Fsp3) is 0.431. The van der Waals surface area contributed by atoms with Crippen molar-refractivity contribution in [3.05, 3.63) is 165 Å². The van der Waals surface area contributed by atoms with Gasteiger partial charge in [-0.05, 0) is 176 Å². The van der Waals surface area contributed by atoms with E-state index in [1.165, 1.54) is 66.2 Å². The molecule has 0 radical (unpaired) electrons. The Labute approximate surface area is 652 Å². The van der Waals surface area contributed by atoms with E-state index in [1.54, 1.807) is 29.5 Å². The van der Waals surface area contributed by atoms with Crippen LogP contribution in [-0.4, -0.2) is 135 Å². The maximum atomic E-state index is 14.9. The number of fused-ring (bicyclic) bond motifs is 2. The molecule has 0 aliphatic carbocycles. The van der Waals surface area contributed by atoms with E-state index in [0.717, 1.165) is 141 Å². The minimum absolute atomic E-state index is 0.0121. The molecule has 12 rings (SSSR count). The van der Waals surface area contributed by atoms with Crippen molar-refractivity contribution in [2.45, 2.75) is 154 Å². The monoisotopic (exact) mass is 1930 g/mol. The summed E-state index contributed by atoms with van der Waals surface area (Å²) in [4.78, 5) is 15.2. The second-order valence-corrected chi connectivity index (χ2v) is 26.7. The summed E-state index contributed by atoms with van der Waals surface area (Å²) in [5.74, 6) is -3.30. The molecular formula is C72H91BrF4I4N14O7. The van der Waals surface area contributed by atoms with Crippen LogP contribution in [0, 0.1) is 99.6 Å². The summed E-state index contributed by atoms with van der Waals surface area (Å²) in [6.45, 7) is 28.1. The number of benzene rings is 2. The number of nitrogens with zero attached hydrogens (tertiary/aromatic N) is 10. The smallest absolute Gasteiger partial charge is 0.171 e. The van der Waals surface area contributed by atoms with E-state index >= 15 is 0 Å². The maximum Gasteiger partial charge on any atom is 0.171 e. The van der Waals surface area contributed by atoms with Crippen LogP contribution in [0.2, 0.25) is 0 Å². The Morgan fingerprint density at radius 1 is 0.578 bits per heavy atom. The molecule has 1 aliphatic heterocycles. The topological polar surface area (TPSA) is 244 Å². The Bertz CT molecular complexity index is 4190. The van der Waals surface area contributed by atoms with E-state index < -0.39 is 23.3 Å². The minimum atomic E-state index is -0.763. The molecule has 1 aliphatic rings. The first kappa shape index (κ1) is 85.0. The van der Waals surface area contributed by atoms with Crippen molar-refractivity contribution in [1.82, 2.24) is 69.7 Å². The number of nitrogens with one attached hydrogen (secondary N) is 4. The number of methoxy groups -OCH3 is 4. The van der Waals surface area contributed by atoms with Crippen LogP contribution in [0.1, 0.15) is 125 Å². The van der Waals surface area contributed by atoms with Crippen LogP contribution in [0.3, 0.4) is 0 Å². The number of aliphatic hydroxyl groups excluding tert-OH is 1. The Morgan fingerprint density at radius 3 is 1.35 bits per heavy atom. The lowest BCUT2D eigenvalue weighted by Gasteiger charge is -2.22. The number of aliphatic hydroxyl groups is 1. The zero-order valence-electron chi connectivity index (χ0n) is 60.4. The van der Waals surface area contributed by atoms with Crippen LogP contribution in [0.5, 0.6) is 23.0 Å². The van der Waals surface area contributed by atoms with E-state index in [0.29, 0.717) is 23.4 Å². The molecule has 0 bridgehead atoms. The molecule has 0 spiro atoms. The van der Waals surface area contributed by atoms with Gasteiger partial charge in [-0.15, -0.1) is 0 Å². The lowest BCUT2D eigenvalue weighted by Crippen LogP contribution is -2.22. The molecular weight excluding hydrogens is 1840 g/mol. The van der Waals surface area contributed by atoms with E-state index in [-0.39, 0.29) is 59.9 Å². The van der Waals surface area contributed by atoms with Gasteiger partial charge in [-0.25, -0.2) is 27.5 Å². The van der Waals surface area contributed by atoms with Crippen molar-refractivity contribution in [1.29, 1.82) is 0 Å². The van der Waals surface area contributed by atoms with Crippen LogP contribution >= 0.6 is 98.3 Å². The SMILES string of the molecule is BrCCOC1CCCCO1.CCCn1nc(C)c(-c2cnc3[nH]cc(Cc4c(F)c(OC)cc(OC)c4F)c3c2)c1C.CCCn1nc(C)c(I)c1C.COc1cc(OC)c(F)c(Cc2c[nH]c3ncc(-c4c(C)nn(CCO)c4C)cc23)c1F.Cc1cc(C)[nH]n1.Cc1n[nH]c(C)c1I.II. The number of H-pyrrole nitrogens is 4. The number of pyridine rings is 2. The molecule has 102 heavy (non-hydrogen) atoms. The molecule has 1 atom stereocenters. The minimum Gasteiger partial charge on any atom is -0.494 e. The number of aromatic amines is 4. The summed E-state index contributed by atoms with van der Waals surface area (Å²) >= 11 is 12.2. The van der Waals surface area contributed by atoms with Gasteiger partial charge in [0.25, 0.3) is 0 Å². The highest BCUT2D eigenvalue weighted by molar-refractivity contribution is 15.0. The molecule has 10 heterocycles. The van der Waals surface area contributed by atoms with Gasteiger partial charge in [0.05, 0.1) is 83.8 Å². The van der Waals surface area contributed by atoms with Crippen LogP contribution in [0.25, 0.3) is 44.3 Å². The van der Waals surface area contributed by atoms with Gasteiger partial charge in [-0.2, -0.15) is 25.5 Å². The molecule has 5 N–H and O–H groups in total. The molecule has 1 fully saturated rings. The zero-order chi connectivity index (χ0) is 75.1. The predicted molar refractivity (Wildman–Crippen MR) is 430 cm³/mol. The van der Waals surface area contributed by atoms with Crippen molar-refractivity contribution < 1.29 is 51.1 Å². The summed E-state index contributed by atoms with van der Waals surface area (Å²) in [6, 6.07) is 8.33. The number of rotatable bonds is 19. The maximum absolute atomic E-state index is 14.9. The summed E-state index contributed by atoms with van der Waals surface area (Å²) in [6.07, 6.45) is 12.7. The highest BCUT2D eigenvalue weighted by Crippen LogP contribution is 2.38. The molecule has 1 saturated heterocycles. The molecule has 11 aromatic rings. The fourth-order valence-electron chi connectivity index (χ4n) is 11.4. The first-order valence-electron chi connectivity index (χ1n) is 33.0. The van der Waals surface area contributed by atoms with E-state index in [2.05, 4.69) is 186 Å². The third-order valence-corrected chi connectivity index (χ3v) is 20.0. The third kappa shape index (κ3) is 21.9. The van der Waals surface area contributed by atoms with Crippen molar-refractivity contribution in [2.75, 3.05) is 53.6 Å². The van der Waals surface area contributed by atoms with Gasteiger partial charge in [0.2, 0.25) is 0 Å². The number of ether oxygens (including phenoxy) is 6. The second kappa shape index (κ2) is 41.7. The zero-order valence-corrected chi connectivity index (χ0v) is 70.7. The lowest BCUT2D eigenvalue weighted by molar-refractivity contribution is -0.158. The van der Waals surface area contributed by atoms with E-state index in [4.69, 9.17) is 28.4 Å². The van der Waals surface area contributed by atoms with Gasteiger partial charge in [-0.3, -0.25) is 24.2 Å². The summed E-state index contributed by atoms with van der Waals surface area (Å²) in [5, 5.41) is 38.8. The highest BCUT2D eigenvalue weighted by Gasteiger charge is 2.25. The van der Waals surface area contributed by atoms with Gasteiger partial charge >= 0.3 is 0 Å². The summed E-state index contributed by atoms with van der Waals surface area (Å²) in [7, 11) is 5.32. The first-order valence-corrected chi connectivity index (χ1v) is 42.5. The lowest BCUT2D eigenvalue weighted by atomic mass is 10.00. The molecule has 2 aromatic carbocycles. The van der Waals surface area contributed by atoms with Crippen LogP contribution < -0.4 is 18.9 Å². The number of halogens is 9. The van der Waals surface area contributed by atoms with Gasteiger partial charge in [0.1, 0.15) is 11.3 Å². The molecule has 0 amide bonds. The molecule has 9 aromatic heterocycles. The van der Waals surface area contributed by atoms with Gasteiger partial charge in [0, 0.05) is 185 Å². The Hall–Kier alpha value is -5.93. The Morgan fingerprint density at radius 2 is 1.03 bits per heavy atom. The standard InChI is InChI=1S/C24H26F2N4O2.C23H24F2N4O3.C8H13IN2.C7H13BrO2.C5H7IN2.C5H8N2.I2/c1-6-7-30-14(3)21(13(2)29-30)16-9-17-15(11-27-24(17)28-12-16)8-18-22(25)19(31-4)10-20(32-5)23(18)26;1-12-20(13(2)29(28-12)5-6-30)15-8-16-14(10-26-23(16)27-11-15)7-17-21(24)18(31-3)9-19(32-4)22(17)25;1-4-5-11-7(3)8(9)6(2)10-11;8-4-6-10-7-3-1-2-5-9-7;1-3-5(6)4(2)8-7-3;1-4-3-5(2)7-6-4;1-2/h9-12H,6-8H2,1-5H3,(H,27,28);8-11,30H,5-7H2,1-4H3,(H,26,27);4-5H2,1-3H3;7H,1-6H2;1-2H3,(H,7,8);3H,1-2H3,(H,6,7);. The average Bonchev–Trinajstić information content (AvgIpc) is 1.58. The highest BCUT2D eigenvalue weighted by atomic mass is 128. The van der Waals surface area contributed by atoms with Gasteiger partial charge < -0.3 is 43.5 Å². The van der Waals surface area contributed by atoms with E-state index in [1.807, 2.05) is 78.3 Å². The van der Waals surface area contributed by atoms with Crippen LogP contribution in [0.15, 0.2) is 55.1 Å². The normalized spacial score (nSPS) is 12.4. The fourth-order valence-corrected chi connectivity index (χ4v) is 12.2. The third-order valence-electron chi connectivity index (χ3n) is 16.5. The first-order chi connectivity index (χ1) is 48.9. The van der Waals surface area contributed by atoms with Crippen molar-refractivity contribution in [3.63, 3.8) is 0 Å². The van der Waals surface area contributed by atoms with Crippen LogP contribution in [0.4, 0.5) is 17.6 Å². The van der Waals surface area contributed by atoms with E-state index in [9.17, 15) is 22.7 Å². The number of hydrogen-bond acceptors (Lipinski definition) is 14. The van der Waals surface area contributed by atoms with Crippen LogP contribution in [-0.2, 0) is 41.9 Å². The summed E-state index contributed by atoms with van der Waals surface area (Å²) in [5.41, 5.74) is 16.7. The number of alkyl halides is 1. The van der Waals surface area contributed by atoms with Crippen molar-refractivity contribution >= 4 is 120 Å². The molecule has 21 nitrogen and oxygen atoms in total. The van der Waals surface area contributed by atoms with Gasteiger partial charge in [-0.1, -0.05) is 29.8 Å². The number of aromatic nitrogens is 14. The van der Waals surface area contributed by atoms with Crippen molar-refractivity contribution in [3.8, 4) is 45.3 Å². The summed E-state index contributed by atoms with van der Waals surface area (Å²) < 4.78 is 98.9. The second-order valence-electron chi connectivity index (χ2n) is 23.8. The molecule has 30 heteroatoms. The van der Waals surface area contributed by atoms with Crippen molar-refractivity contribution in [2.24, 2.45) is 0 Å². The molecule has 554 valence electrons. The van der Waals surface area contributed by atoms with Gasteiger partial charge in [0.15, 0.2) is 52.6 Å². The largest absolute Gasteiger partial charge is 0.494 e. The number of hydrogen-bond donors (Lipinski definition) is 5. The molecule has 1 unspecified atom stereocenters. The Balaban J connectivity index is 0.000000214. The average molecular weight is 1930 g/mol. The quantitative estimate of drug-likeness (QED) is 0.0287. The Kier molecular flexibility index (Phi) is 34.7.